The van der Waals surface area contributed by atoms with E-state index < -0.39 is 24.9 Å². The third-order valence-corrected chi connectivity index (χ3v) is 3.30. The molecule has 0 saturated heterocycles. The number of pyridine rings is 1. The number of nitrogens with one attached hydrogen (secondary N) is 1. The summed E-state index contributed by atoms with van der Waals surface area (Å²) in [5.74, 6) is -3.72. The molecule has 2 aromatic rings. The summed E-state index contributed by atoms with van der Waals surface area (Å²) in [7, 11) is 0. The van der Waals surface area contributed by atoms with Crippen LogP contribution in [0.1, 0.15) is 35.9 Å². The van der Waals surface area contributed by atoms with Crippen LogP contribution in [0, 0.1) is 6.92 Å². The zero-order valence-electron chi connectivity index (χ0n) is 12.7. The molecule has 0 saturated carbocycles. The van der Waals surface area contributed by atoms with Gasteiger partial charge in [0.05, 0.1) is 30.5 Å². The van der Waals surface area contributed by atoms with Gasteiger partial charge in [-0.3, -0.25) is 4.79 Å². The van der Waals surface area contributed by atoms with Gasteiger partial charge in [-0.2, -0.15) is 5.10 Å². The topological polar surface area (TPSA) is 85.8 Å². The predicted octanol–water partition coefficient (Wildman–Crippen LogP) is 1.64. The molecule has 0 aliphatic heterocycles. The van der Waals surface area contributed by atoms with Crippen LogP contribution in [-0.2, 0) is 0 Å². The van der Waals surface area contributed by atoms with Gasteiger partial charge in [-0.15, -0.1) is 0 Å². The first kappa shape index (κ1) is 16.3. The molecule has 2 aromatic heterocycles. The van der Waals surface area contributed by atoms with Crippen LogP contribution in [0.15, 0.2) is 12.3 Å². The van der Waals surface area contributed by atoms with E-state index in [1.807, 2.05) is 13.8 Å². The molecule has 1 amide bonds. The molecule has 0 radical (unpaired) electrons. The molecule has 0 unspecified atom stereocenters. The highest BCUT2D eigenvalue weighted by atomic mass is 19.3. The van der Waals surface area contributed by atoms with Crippen LogP contribution in [0.4, 0.5) is 8.78 Å². The van der Waals surface area contributed by atoms with Crippen molar-refractivity contribution in [3.63, 3.8) is 0 Å². The minimum absolute atomic E-state index is 0.132. The fourth-order valence-electron chi connectivity index (χ4n) is 2.05. The van der Waals surface area contributed by atoms with E-state index in [1.165, 1.54) is 0 Å². The lowest BCUT2D eigenvalue weighted by atomic mass is 10.1. The SMILES string of the molecule is Cc1nc2c(cnn2C(C)C)cc1C(=O)NCC(F)(F)CN. The first-order valence-electron chi connectivity index (χ1n) is 6.96. The minimum atomic E-state index is -3.12. The molecule has 0 aliphatic rings. The lowest BCUT2D eigenvalue weighted by molar-refractivity contribution is 0.0118. The molecule has 6 nitrogen and oxygen atoms in total. The first-order valence-corrected chi connectivity index (χ1v) is 6.96. The Morgan fingerprint density at radius 1 is 1.50 bits per heavy atom. The second-order valence-corrected chi connectivity index (χ2v) is 5.46. The van der Waals surface area contributed by atoms with E-state index in [0.29, 0.717) is 16.7 Å². The number of hydrogen-bond acceptors (Lipinski definition) is 4. The summed E-state index contributed by atoms with van der Waals surface area (Å²) in [5.41, 5.74) is 6.32. The molecule has 0 fully saturated rings. The Bertz CT molecular complexity index is 696. The van der Waals surface area contributed by atoms with Crippen molar-refractivity contribution in [2.45, 2.75) is 32.7 Å². The van der Waals surface area contributed by atoms with Crippen molar-refractivity contribution in [3.8, 4) is 0 Å². The summed E-state index contributed by atoms with van der Waals surface area (Å²) >= 11 is 0. The van der Waals surface area contributed by atoms with Crippen LogP contribution in [-0.4, -0.2) is 39.7 Å². The number of aromatic nitrogens is 3. The van der Waals surface area contributed by atoms with E-state index in [9.17, 15) is 13.6 Å². The largest absolute Gasteiger partial charge is 0.346 e. The zero-order chi connectivity index (χ0) is 16.5. The standard InChI is InChI=1S/C14H19F2N5O/c1-8(2)21-12-10(5-19-21)4-11(9(3)20-12)13(22)18-7-14(15,16)6-17/h4-5,8H,6-7,17H2,1-3H3,(H,18,22). The van der Waals surface area contributed by atoms with Gasteiger partial charge in [0, 0.05) is 11.4 Å². The second kappa shape index (κ2) is 5.96. The molecule has 0 atom stereocenters. The maximum Gasteiger partial charge on any atom is 0.277 e. The molecule has 0 aromatic carbocycles. The Morgan fingerprint density at radius 3 is 2.77 bits per heavy atom. The van der Waals surface area contributed by atoms with Crippen LogP contribution in [0.2, 0.25) is 0 Å². The molecule has 0 bridgehead atoms. The number of carbonyl (C=O) groups excluding carboxylic acids is 1. The molecule has 2 heterocycles. The average Bonchev–Trinajstić information content (AvgIpc) is 2.86. The Morgan fingerprint density at radius 2 is 2.18 bits per heavy atom. The van der Waals surface area contributed by atoms with Gasteiger partial charge in [0.1, 0.15) is 0 Å². The molecule has 0 aliphatic carbocycles. The van der Waals surface area contributed by atoms with Gasteiger partial charge in [0.2, 0.25) is 0 Å². The van der Waals surface area contributed by atoms with E-state index in [1.54, 1.807) is 23.9 Å². The molecule has 2 rings (SSSR count). The number of nitrogens with two attached hydrogens (primary N) is 1. The third-order valence-electron chi connectivity index (χ3n) is 3.30. The Labute approximate surface area is 126 Å². The van der Waals surface area contributed by atoms with Gasteiger partial charge >= 0.3 is 0 Å². The second-order valence-electron chi connectivity index (χ2n) is 5.46. The Hall–Kier alpha value is -2.09. The fraction of sp³-hybridized carbons (Fsp3) is 0.500. The van der Waals surface area contributed by atoms with E-state index in [-0.39, 0.29) is 11.6 Å². The quantitative estimate of drug-likeness (QED) is 0.879. The molecule has 22 heavy (non-hydrogen) atoms. The summed E-state index contributed by atoms with van der Waals surface area (Å²) < 4.78 is 28.0. The minimum Gasteiger partial charge on any atom is -0.346 e. The number of rotatable bonds is 5. The van der Waals surface area contributed by atoms with E-state index in [2.05, 4.69) is 15.4 Å². The van der Waals surface area contributed by atoms with E-state index in [4.69, 9.17) is 5.73 Å². The van der Waals surface area contributed by atoms with Crippen LogP contribution in [0.5, 0.6) is 0 Å². The molecule has 120 valence electrons. The van der Waals surface area contributed by atoms with Gasteiger partial charge < -0.3 is 11.1 Å². The molecule has 8 heteroatoms. The number of hydrogen-bond donors (Lipinski definition) is 2. The highest BCUT2D eigenvalue weighted by molar-refractivity contribution is 5.98. The summed E-state index contributed by atoms with van der Waals surface area (Å²) in [4.78, 5) is 16.4. The Kier molecular flexibility index (Phi) is 4.41. The van der Waals surface area contributed by atoms with Crippen LogP contribution in [0.3, 0.4) is 0 Å². The van der Waals surface area contributed by atoms with Crippen LogP contribution in [0.25, 0.3) is 11.0 Å². The molecule has 0 spiro atoms. The van der Waals surface area contributed by atoms with Gasteiger partial charge in [-0.05, 0) is 26.8 Å². The van der Waals surface area contributed by atoms with Crippen molar-refractivity contribution >= 4 is 16.9 Å². The monoisotopic (exact) mass is 311 g/mol. The van der Waals surface area contributed by atoms with Gasteiger partial charge in [-0.25, -0.2) is 18.4 Å². The zero-order valence-corrected chi connectivity index (χ0v) is 12.7. The maximum absolute atomic E-state index is 13.1. The van der Waals surface area contributed by atoms with Gasteiger partial charge in [0.25, 0.3) is 11.8 Å². The Balaban J connectivity index is 2.28. The van der Waals surface area contributed by atoms with Crippen LogP contribution >= 0.6 is 0 Å². The van der Waals surface area contributed by atoms with Gasteiger partial charge in [-0.1, -0.05) is 0 Å². The number of halogens is 2. The normalized spacial score (nSPS) is 12.1. The maximum atomic E-state index is 13.1. The van der Waals surface area contributed by atoms with Crippen molar-refractivity contribution in [3.05, 3.63) is 23.5 Å². The number of carbonyl (C=O) groups is 1. The van der Waals surface area contributed by atoms with E-state index >= 15 is 0 Å². The average molecular weight is 311 g/mol. The summed E-state index contributed by atoms with van der Waals surface area (Å²) in [6, 6.07) is 1.74. The number of alkyl halides is 2. The van der Waals surface area contributed by atoms with Gasteiger partial charge in [0.15, 0.2) is 5.65 Å². The predicted molar refractivity (Wildman–Crippen MR) is 79.0 cm³/mol. The third kappa shape index (κ3) is 3.22. The van der Waals surface area contributed by atoms with Crippen LogP contribution < -0.4 is 11.1 Å². The van der Waals surface area contributed by atoms with Crippen molar-refractivity contribution < 1.29 is 13.6 Å². The van der Waals surface area contributed by atoms with Crippen molar-refractivity contribution in [2.75, 3.05) is 13.1 Å². The lowest BCUT2D eigenvalue weighted by Gasteiger charge is -2.15. The summed E-state index contributed by atoms with van der Waals surface area (Å²) in [5, 5.41) is 7.10. The molecular weight excluding hydrogens is 292 g/mol. The highest BCUT2D eigenvalue weighted by Gasteiger charge is 2.27. The van der Waals surface area contributed by atoms with E-state index in [0.717, 1.165) is 0 Å². The van der Waals surface area contributed by atoms with Crippen molar-refractivity contribution in [1.82, 2.24) is 20.1 Å². The lowest BCUT2D eigenvalue weighted by Crippen LogP contribution is -2.41. The molecular formula is C14H19F2N5O. The summed E-state index contributed by atoms with van der Waals surface area (Å²) in [6.45, 7) is 3.99. The van der Waals surface area contributed by atoms with Crippen molar-refractivity contribution in [1.29, 1.82) is 0 Å². The van der Waals surface area contributed by atoms with Crippen molar-refractivity contribution in [2.24, 2.45) is 5.73 Å². The number of aryl methyl sites for hydroxylation is 1. The summed E-state index contributed by atoms with van der Waals surface area (Å²) in [6.07, 6.45) is 1.60. The highest BCUT2D eigenvalue weighted by Crippen LogP contribution is 2.19. The molecule has 3 N–H and O–H groups in total. The smallest absolute Gasteiger partial charge is 0.277 e. The number of fused-ring (bicyclic) bond motifs is 1. The fourth-order valence-corrected chi connectivity index (χ4v) is 2.05. The first-order chi connectivity index (χ1) is 10.2. The number of amides is 1. The number of nitrogens with zero attached hydrogens (tertiary/aromatic N) is 3.